The summed E-state index contributed by atoms with van der Waals surface area (Å²) in [5.41, 5.74) is 0.558. The van der Waals surface area contributed by atoms with E-state index >= 15 is 0 Å². The zero-order chi connectivity index (χ0) is 23.0. The second-order valence-corrected chi connectivity index (χ2v) is 7.85. The monoisotopic (exact) mass is 458 g/mol. The zero-order valence-electron chi connectivity index (χ0n) is 17.3. The first-order chi connectivity index (χ1) is 15.2. The predicted octanol–water partition coefficient (Wildman–Crippen LogP) is 2.84. The van der Waals surface area contributed by atoms with Crippen molar-refractivity contribution in [1.29, 1.82) is 0 Å². The maximum absolute atomic E-state index is 13.0. The van der Waals surface area contributed by atoms with Crippen LogP contribution in [0.2, 0.25) is 5.02 Å². The van der Waals surface area contributed by atoms with Crippen LogP contribution in [0.5, 0.6) is 5.75 Å². The molecule has 2 heterocycles. The average molecular weight is 459 g/mol. The average Bonchev–Trinajstić information content (AvgIpc) is 3.09. The molecule has 1 atom stereocenters. The highest BCUT2D eigenvalue weighted by Gasteiger charge is 2.19. The molecule has 0 aliphatic heterocycles. The summed E-state index contributed by atoms with van der Waals surface area (Å²) in [6.07, 6.45) is -0.806. The van der Waals surface area contributed by atoms with Gasteiger partial charge in [0.15, 0.2) is 11.2 Å². The summed E-state index contributed by atoms with van der Waals surface area (Å²) in [4.78, 5) is 31.4. The number of hydrogen-bond donors (Lipinski definition) is 2. The fourth-order valence-corrected chi connectivity index (χ4v) is 3.67. The van der Waals surface area contributed by atoms with Gasteiger partial charge in [0.1, 0.15) is 24.0 Å². The lowest BCUT2D eigenvalue weighted by atomic mass is 10.2. The Balaban J connectivity index is 1.69. The van der Waals surface area contributed by atoms with E-state index in [1.165, 1.54) is 23.6 Å². The Labute approximate surface area is 186 Å². The predicted molar refractivity (Wildman–Crippen MR) is 118 cm³/mol. The summed E-state index contributed by atoms with van der Waals surface area (Å²) in [7, 11) is 1.66. The van der Waals surface area contributed by atoms with E-state index in [4.69, 9.17) is 16.3 Å². The van der Waals surface area contributed by atoms with Crippen LogP contribution in [0.4, 0.5) is 4.39 Å². The lowest BCUT2D eigenvalue weighted by molar-refractivity contribution is 0.173. The number of aryl methyl sites for hydroxylation is 1. The van der Waals surface area contributed by atoms with Gasteiger partial charge < -0.3 is 14.4 Å². The Kier molecular flexibility index (Phi) is 5.86. The quantitative estimate of drug-likeness (QED) is 0.462. The molecule has 32 heavy (non-hydrogen) atoms. The van der Waals surface area contributed by atoms with Crippen LogP contribution < -0.4 is 16.0 Å². The van der Waals surface area contributed by atoms with Crippen molar-refractivity contribution in [2.45, 2.75) is 26.2 Å². The van der Waals surface area contributed by atoms with E-state index in [1.807, 2.05) is 0 Å². The van der Waals surface area contributed by atoms with E-state index in [1.54, 1.807) is 41.9 Å². The van der Waals surface area contributed by atoms with Crippen LogP contribution in [0.3, 0.4) is 0 Å². The maximum atomic E-state index is 13.0. The van der Waals surface area contributed by atoms with E-state index in [2.05, 4.69) is 9.97 Å². The molecule has 0 spiro atoms. The fraction of sp³-hybridized carbons (Fsp3) is 0.227. The minimum atomic E-state index is -0.806. The normalized spacial score (nSPS) is 12.3. The number of aliphatic hydroxyl groups excluding tert-OH is 1. The highest BCUT2D eigenvalue weighted by Crippen LogP contribution is 2.31. The highest BCUT2D eigenvalue weighted by atomic mass is 35.5. The first-order valence-electron chi connectivity index (χ1n) is 9.79. The van der Waals surface area contributed by atoms with E-state index in [0.717, 1.165) is 5.56 Å². The number of aromatic amines is 1. The van der Waals surface area contributed by atoms with Crippen molar-refractivity contribution in [3.8, 4) is 17.1 Å². The summed E-state index contributed by atoms with van der Waals surface area (Å²) < 4.78 is 21.6. The van der Waals surface area contributed by atoms with Crippen molar-refractivity contribution >= 4 is 22.8 Å². The Morgan fingerprint density at radius 1 is 1.22 bits per heavy atom. The van der Waals surface area contributed by atoms with E-state index < -0.39 is 17.4 Å². The van der Waals surface area contributed by atoms with Crippen LogP contribution in [-0.2, 0) is 20.2 Å². The molecule has 0 saturated carbocycles. The summed E-state index contributed by atoms with van der Waals surface area (Å²) >= 11 is 6.40. The maximum Gasteiger partial charge on any atom is 0.330 e. The molecule has 0 aliphatic rings. The lowest BCUT2D eigenvalue weighted by Crippen LogP contribution is -2.33. The molecule has 4 rings (SSSR count). The van der Waals surface area contributed by atoms with Gasteiger partial charge in [-0.05, 0) is 42.8 Å². The number of aromatic nitrogens is 4. The number of aliphatic hydroxyl groups is 1. The van der Waals surface area contributed by atoms with Gasteiger partial charge in [-0.15, -0.1) is 0 Å². The van der Waals surface area contributed by atoms with Crippen molar-refractivity contribution in [1.82, 2.24) is 19.1 Å². The third kappa shape index (κ3) is 4.17. The largest absolute Gasteiger partial charge is 0.487 e. The number of nitrogens with one attached hydrogen (secondary N) is 1. The molecule has 0 radical (unpaired) electrons. The van der Waals surface area contributed by atoms with Crippen LogP contribution in [-0.4, -0.2) is 30.3 Å². The summed E-state index contributed by atoms with van der Waals surface area (Å²) in [6, 6.07) is 11.0. The van der Waals surface area contributed by atoms with Crippen molar-refractivity contribution in [3.05, 3.63) is 79.7 Å². The molecule has 0 aliphatic carbocycles. The molecule has 0 saturated heterocycles. The standard InChI is InChI=1S/C22H20ClFN4O4/c1-12(29)10-28-20-18(21(30)26-22(28)31)27(2)19(25-20)14-5-8-17(16(23)9-14)32-11-13-3-6-15(24)7-4-13/h3-9,12,29H,10-11H2,1-2H3,(H,26,30,31). The number of H-pyrrole nitrogens is 1. The number of imidazole rings is 1. The molecule has 0 bridgehead atoms. The van der Waals surface area contributed by atoms with Gasteiger partial charge in [0.2, 0.25) is 0 Å². The molecule has 166 valence electrons. The Bertz CT molecular complexity index is 1410. The topological polar surface area (TPSA) is 102 Å². The molecular weight excluding hydrogens is 439 g/mol. The molecule has 10 heteroatoms. The molecule has 1 unspecified atom stereocenters. The Morgan fingerprint density at radius 3 is 2.59 bits per heavy atom. The Hall–Kier alpha value is -3.43. The van der Waals surface area contributed by atoms with Crippen LogP contribution in [0.25, 0.3) is 22.6 Å². The Morgan fingerprint density at radius 2 is 1.94 bits per heavy atom. The van der Waals surface area contributed by atoms with Crippen LogP contribution in [0, 0.1) is 5.82 Å². The number of hydrogen-bond acceptors (Lipinski definition) is 5. The van der Waals surface area contributed by atoms with Gasteiger partial charge in [-0.3, -0.25) is 14.3 Å². The van der Waals surface area contributed by atoms with E-state index in [-0.39, 0.29) is 30.1 Å². The molecule has 2 N–H and O–H groups in total. The molecule has 2 aromatic heterocycles. The van der Waals surface area contributed by atoms with Gasteiger partial charge in [-0.25, -0.2) is 14.2 Å². The second-order valence-electron chi connectivity index (χ2n) is 7.45. The number of benzene rings is 2. The summed E-state index contributed by atoms with van der Waals surface area (Å²) in [5.74, 6) is 0.529. The van der Waals surface area contributed by atoms with Gasteiger partial charge in [0.25, 0.3) is 5.56 Å². The first-order valence-corrected chi connectivity index (χ1v) is 10.2. The smallest absolute Gasteiger partial charge is 0.330 e. The number of nitrogens with zero attached hydrogens (tertiary/aromatic N) is 3. The van der Waals surface area contributed by atoms with Gasteiger partial charge >= 0.3 is 5.69 Å². The number of ether oxygens (including phenoxy) is 1. The molecule has 0 amide bonds. The van der Waals surface area contributed by atoms with Crippen LogP contribution in [0.15, 0.2) is 52.1 Å². The summed E-state index contributed by atoms with van der Waals surface area (Å²) in [6.45, 7) is 1.74. The third-order valence-electron chi connectivity index (χ3n) is 4.96. The van der Waals surface area contributed by atoms with Crippen molar-refractivity contribution in [2.24, 2.45) is 7.05 Å². The van der Waals surface area contributed by atoms with Gasteiger partial charge in [-0.1, -0.05) is 23.7 Å². The molecule has 8 nitrogen and oxygen atoms in total. The number of fused-ring (bicyclic) bond motifs is 1. The van der Waals surface area contributed by atoms with Crippen molar-refractivity contribution < 1.29 is 14.2 Å². The van der Waals surface area contributed by atoms with Crippen molar-refractivity contribution in [2.75, 3.05) is 0 Å². The van der Waals surface area contributed by atoms with Gasteiger partial charge in [0, 0.05) is 12.6 Å². The van der Waals surface area contributed by atoms with Gasteiger partial charge in [-0.2, -0.15) is 0 Å². The fourth-order valence-electron chi connectivity index (χ4n) is 3.44. The van der Waals surface area contributed by atoms with Crippen LogP contribution in [0.1, 0.15) is 12.5 Å². The van der Waals surface area contributed by atoms with Crippen molar-refractivity contribution in [3.63, 3.8) is 0 Å². The zero-order valence-corrected chi connectivity index (χ0v) is 18.1. The molecule has 4 aromatic rings. The summed E-state index contributed by atoms with van der Waals surface area (Å²) in [5, 5.41) is 10.1. The minimum Gasteiger partial charge on any atom is -0.487 e. The molecule has 2 aromatic carbocycles. The van der Waals surface area contributed by atoms with Crippen LogP contribution >= 0.6 is 11.6 Å². The number of halogens is 2. The van der Waals surface area contributed by atoms with Gasteiger partial charge in [0.05, 0.1) is 17.7 Å². The third-order valence-corrected chi connectivity index (χ3v) is 5.25. The second kappa shape index (κ2) is 8.60. The van der Waals surface area contributed by atoms with E-state index in [0.29, 0.717) is 22.2 Å². The van der Waals surface area contributed by atoms with E-state index in [9.17, 15) is 19.1 Å². The molecular formula is C22H20ClFN4O4. The highest BCUT2D eigenvalue weighted by molar-refractivity contribution is 6.32. The first kappa shape index (κ1) is 21.8. The SMILES string of the molecule is CC(O)Cn1c(=O)[nH]c(=O)c2c1nc(-c1ccc(OCc3ccc(F)cc3)c(Cl)c1)n2C. The lowest BCUT2D eigenvalue weighted by Gasteiger charge is -2.10. The minimum absolute atomic E-state index is 0.0144. The number of rotatable bonds is 6. The molecule has 0 fully saturated rings.